The third-order valence-corrected chi connectivity index (χ3v) is 8.11. The molecule has 2 unspecified atom stereocenters. The van der Waals surface area contributed by atoms with Crippen molar-refractivity contribution in [3.05, 3.63) is 66.4 Å². The van der Waals surface area contributed by atoms with Crippen LogP contribution in [0.15, 0.2) is 70.2 Å². The van der Waals surface area contributed by atoms with E-state index >= 15 is 0 Å². The summed E-state index contributed by atoms with van der Waals surface area (Å²) in [6, 6.07) is 15.1. The average molecular weight is 533 g/mol. The molecule has 0 saturated heterocycles. The topological polar surface area (TPSA) is 164 Å². The monoisotopic (exact) mass is 533 g/mol. The molecule has 0 aliphatic rings. The smallest absolute Gasteiger partial charge is 0.189 e. The number of aromatic nitrogens is 3. The second kappa shape index (κ2) is 9.99. The lowest BCUT2D eigenvalue weighted by Gasteiger charge is -2.33. The van der Waals surface area contributed by atoms with E-state index in [1.807, 2.05) is 0 Å². The number of nitrogens with one attached hydrogen (secondary N) is 1. The Morgan fingerprint density at radius 1 is 1.00 bits per heavy atom. The van der Waals surface area contributed by atoms with Crippen LogP contribution < -0.4 is 11.1 Å². The first-order valence-corrected chi connectivity index (χ1v) is 13.5. The molecule has 0 aliphatic heterocycles. The van der Waals surface area contributed by atoms with E-state index in [1.165, 1.54) is 6.20 Å². The van der Waals surface area contributed by atoms with Gasteiger partial charge in [-0.05, 0) is 38.5 Å². The molecule has 2 atom stereocenters. The lowest BCUT2D eigenvalue weighted by Crippen LogP contribution is -2.55. The van der Waals surface area contributed by atoms with Gasteiger partial charge in [0.15, 0.2) is 42.8 Å². The second-order valence-electron chi connectivity index (χ2n) is 10.0. The zero-order chi connectivity index (χ0) is 27.9. The van der Waals surface area contributed by atoms with Crippen LogP contribution in [0.3, 0.4) is 0 Å². The second-order valence-corrected chi connectivity index (χ2v) is 12.5. The first-order valence-electron chi connectivity index (χ1n) is 12.0. The zero-order valence-corrected chi connectivity index (χ0v) is 22.6. The van der Waals surface area contributed by atoms with Crippen LogP contribution in [0.2, 0.25) is 0 Å². The van der Waals surface area contributed by atoms with Gasteiger partial charge in [0.05, 0.1) is 27.7 Å². The number of hydrogen-bond donors (Lipinski definition) is 4. The Labute approximate surface area is 223 Å². The maximum atomic E-state index is 12.4. The van der Waals surface area contributed by atoms with Crippen molar-refractivity contribution >= 4 is 31.3 Å². The van der Waals surface area contributed by atoms with E-state index in [0.29, 0.717) is 34.0 Å². The van der Waals surface area contributed by atoms with E-state index in [4.69, 9.17) is 10.3 Å². The molecule has 38 heavy (non-hydrogen) atoms. The van der Waals surface area contributed by atoms with Crippen LogP contribution >= 0.6 is 0 Å². The standard InChI is InChI=1S/C25H29B2N5O5S/c1-14(2)38(35,36)18-10-6-16(7-11-18)20-13-29-23(28)22(30-20)21-12-19(31-37-21)15-4-8-17(9-5-15)25(27,34)32-24(3,26)33/h4-14,32-34H,26-27H2,1-3H3,(H2,28,29). The average Bonchev–Trinajstić information content (AvgIpc) is 3.33. The van der Waals surface area contributed by atoms with Gasteiger partial charge in [0.1, 0.15) is 11.3 Å². The van der Waals surface area contributed by atoms with E-state index in [0.717, 1.165) is 5.56 Å². The van der Waals surface area contributed by atoms with Gasteiger partial charge in [-0.15, -0.1) is 0 Å². The Morgan fingerprint density at radius 2 is 1.58 bits per heavy atom. The highest BCUT2D eigenvalue weighted by molar-refractivity contribution is 7.92. The summed E-state index contributed by atoms with van der Waals surface area (Å²) in [5, 5.41) is 27.1. The van der Waals surface area contributed by atoms with Gasteiger partial charge in [0.25, 0.3) is 0 Å². The quantitative estimate of drug-likeness (QED) is 0.189. The number of benzene rings is 2. The molecule has 0 saturated carbocycles. The molecule has 2 heterocycles. The van der Waals surface area contributed by atoms with E-state index in [9.17, 15) is 18.6 Å². The highest BCUT2D eigenvalue weighted by Crippen LogP contribution is 2.31. The van der Waals surface area contributed by atoms with Crippen LogP contribution in [0.1, 0.15) is 26.3 Å². The first-order chi connectivity index (χ1) is 17.7. The van der Waals surface area contributed by atoms with Gasteiger partial charge >= 0.3 is 0 Å². The number of nitrogens with two attached hydrogens (primary N) is 1. The van der Waals surface area contributed by atoms with Gasteiger partial charge in [-0.3, -0.25) is 5.32 Å². The normalized spacial score (nSPS) is 15.2. The fraction of sp³-hybridized carbons (Fsp3) is 0.240. The summed E-state index contributed by atoms with van der Waals surface area (Å²) >= 11 is 0. The van der Waals surface area contributed by atoms with Crippen molar-refractivity contribution in [1.29, 1.82) is 0 Å². The van der Waals surface area contributed by atoms with Crippen LogP contribution in [0, 0.1) is 0 Å². The number of hydrogen-bond acceptors (Lipinski definition) is 10. The predicted molar refractivity (Wildman–Crippen MR) is 150 cm³/mol. The lowest BCUT2D eigenvalue weighted by atomic mass is 9.80. The maximum absolute atomic E-state index is 12.4. The number of anilines is 1. The largest absolute Gasteiger partial charge is 0.385 e. The van der Waals surface area contributed by atoms with Gasteiger partial charge in [0, 0.05) is 17.2 Å². The van der Waals surface area contributed by atoms with Crippen molar-refractivity contribution in [1.82, 2.24) is 20.4 Å². The minimum atomic E-state index is -3.38. The molecule has 0 amide bonds. The van der Waals surface area contributed by atoms with Crippen LogP contribution in [0.5, 0.6) is 0 Å². The lowest BCUT2D eigenvalue weighted by molar-refractivity contribution is -0.00439. The summed E-state index contributed by atoms with van der Waals surface area (Å²) in [7, 11) is -0.285. The third-order valence-electron chi connectivity index (χ3n) is 5.94. The predicted octanol–water partition coefficient (Wildman–Crippen LogP) is 0.854. The Morgan fingerprint density at radius 3 is 2.16 bits per heavy atom. The van der Waals surface area contributed by atoms with Crippen LogP contribution in [-0.4, -0.2) is 60.3 Å². The molecular weight excluding hydrogens is 504 g/mol. The van der Waals surface area contributed by atoms with Crippen LogP contribution in [-0.2, 0) is 15.5 Å². The maximum Gasteiger partial charge on any atom is 0.189 e. The number of nitrogen functional groups attached to an aromatic ring is 1. The number of aliphatic hydroxyl groups is 2. The SMILES string of the molecule is BC(C)(O)NC(B)(O)c1ccc(-c2cc(-c3nc(-c4ccc(S(=O)(=O)C(C)C)cc4)cnc3N)on2)cc1. The number of nitrogens with zero attached hydrogens (tertiary/aromatic N) is 3. The summed E-state index contributed by atoms with van der Waals surface area (Å²) < 4.78 is 30.4. The van der Waals surface area contributed by atoms with Gasteiger partial charge in [-0.2, -0.15) is 0 Å². The van der Waals surface area contributed by atoms with Crippen molar-refractivity contribution in [3.8, 4) is 34.0 Å². The van der Waals surface area contributed by atoms with Crippen molar-refractivity contribution in [2.24, 2.45) is 0 Å². The summed E-state index contributed by atoms with van der Waals surface area (Å²) in [5.74, 6) is 0.463. The highest BCUT2D eigenvalue weighted by Gasteiger charge is 2.29. The molecule has 2 aromatic heterocycles. The molecule has 13 heteroatoms. The van der Waals surface area contributed by atoms with E-state index in [2.05, 4.69) is 20.4 Å². The Kier molecular flexibility index (Phi) is 7.23. The molecule has 0 aliphatic carbocycles. The Hall–Kier alpha value is -3.51. The molecule has 0 spiro atoms. The van der Waals surface area contributed by atoms with Crippen molar-refractivity contribution in [2.75, 3.05) is 5.73 Å². The molecule has 5 N–H and O–H groups in total. The molecule has 0 radical (unpaired) electrons. The van der Waals surface area contributed by atoms with Crippen molar-refractivity contribution < 1.29 is 23.2 Å². The molecular formula is C25H29B2N5O5S. The van der Waals surface area contributed by atoms with Crippen molar-refractivity contribution in [3.63, 3.8) is 0 Å². The summed E-state index contributed by atoms with van der Waals surface area (Å²) in [5.41, 5.74) is 6.64. The molecule has 196 valence electrons. The van der Waals surface area contributed by atoms with Gasteiger partial charge in [-0.1, -0.05) is 41.6 Å². The van der Waals surface area contributed by atoms with Gasteiger partial charge in [0.2, 0.25) is 0 Å². The van der Waals surface area contributed by atoms with E-state index < -0.39 is 26.3 Å². The van der Waals surface area contributed by atoms with Crippen LogP contribution in [0.25, 0.3) is 34.0 Å². The molecule has 0 bridgehead atoms. The fourth-order valence-corrected chi connectivity index (χ4v) is 5.02. The molecule has 10 nitrogen and oxygen atoms in total. The zero-order valence-electron chi connectivity index (χ0n) is 21.8. The number of sulfone groups is 1. The summed E-state index contributed by atoms with van der Waals surface area (Å²) in [4.78, 5) is 9.07. The molecule has 0 fully saturated rings. The first kappa shape index (κ1) is 27.5. The summed E-state index contributed by atoms with van der Waals surface area (Å²) in [6.45, 7) is 4.82. The van der Waals surface area contributed by atoms with E-state index in [-0.39, 0.29) is 10.7 Å². The molecule has 4 aromatic rings. The minimum absolute atomic E-state index is 0.152. The fourth-order valence-electron chi connectivity index (χ4n) is 3.96. The third kappa shape index (κ3) is 5.81. The number of rotatable bonds is 8. The summed E-state index contributed by atoms with van der Waals surface area (Å²) in [6.07, 6.45) is 1.51. The Bertz CT molecular complexity index is 1550. The van der Waals surface area contributed by atoms with Crippen molar-refractivity contribution in [2.45, 2.75) is 42.2 Å². The van der Waals surface area contributed by atoms with E-state index in [1.54, 1.807) is 91.1 Å². The highest BCUT2D eigenvalue weighted by atomic mass is 32.2. The minimum Gasteiger partial charge on any atom is -0.385 e. The van der Waals surface area contributed by atoms with Gasteiger partial charge < -0.3 is 20.5 Å². The molecule has 4 rings (SSSR count). The Balaban J connectivity index is 1.60. The molecule has 2 aromatic carbocycles. The van der Waals surface area contributed by atoms with Gasteiger partial charge in [-0.25, -0.2) is 18.4 Å². The van der Waals surface area contributed by atoms with Crippen LogP contribution in [0.4, 0.5) is 5.82 Å².